The molecule has 0 aliphatic carbocycles. The largest absolute Gasteiger partial charge is 0.461 e. The van der Waals surface area contributed by atoms with E-state index < -0.39 is 5.97 Å². The summed E-state index contributed by atoms with van der Waals surface area (Å²) in [6.45, 7) is 6.28. The van der Waals surface area contributed by atoms with Crippen LogP contribution in [0.5, 0.6) is 0 Å². The Kier molecular flexibility index (Phi) is 7.40. The highest BCUT2D eigenvalue weighted by Gasteiger charge is 2.23. The lowest BCUT2D eigenvalue weighted by Gasteiger charge is -2.12. The van der Waals surface area contributed by atoms with E-state index in [0.29, 0.717) is 42.6 Å². The molecule has 1 fully saturated rings. The lowest BCUT2D eigenvalue weighted by atomic mass is 10.2. The topological polar surface area (TPSA) is 91.7 Å². The quantitative estimate of drug-likeness (QED) is 0.626. The van der Waals surface area contributed by atoms with Crippen LogP contribution in [0.25, 0.3) is 11.4 Å². The Balaban J connectivity index is 1.84. The molecule has 3 rings (SSSR count). The molecule has 2 aromatic heterocycles. The molecule has 29 heavy (non-hydrogen) atoms. The lowest BCUT2D eigenvalue weighted by molar-refractivity contribution is 0.0526. The fourth-order valence-electron chi connectivity index (χ4n) is 3.34. The van der Waals surface area contributed by atoms with Crippen LogP contribution in [0.2, 0.25) is 0 Å². The number of ether oxygens (including phenoxy) is 3. The highest BCUT2D eigenvalue weighted by atomic mass is 32.1. The first-order valence-corrected chi connectivity index (χ1v) is 10.6. The number of carbonyl (C=O) groups is 2. The second-order valence-corrected chi connectivity index (χ2v) is 7.63. The zero-order valence-electron chi connectivity index (χ0n) is 17.0. The maximum Gasteiger partial charge on any atom is 0.367 e. The van der Waals surface area contributed by atoms with E-state index in [1.807, 2.05) is 17.6 Å². The monoisotopic (exact) mass is 421 g/mol. The number of hydrogen-bond acceptors (Lipinski definition) is 7. The highest BCUT2D eigenvalue weighted by Crippen LogP contribution is 2.28. The number of esters is 1. The molecule has 0 bridgehead atoms. The first-order chi connectivity index (χ1) is 14.0. The van der Waals surface area contributed by atoms with Crippen molar-refractivity contribution >= 4 is 23.2 Å². The Hall–Kier alpha value is -2.23. The molecule has 1 saturated heterocycles. The number of rotatable bonds is 9. The van der Waals surface area contributed by atoms with Crippen molar-refractivity contribution < 1.29 is 23.8 Å². The van der Waals surface area contributed by atoms with Crippen LogP contribution in [0.3, 0.4) is 0 Å². The first kappa shape index (κ1) is 21.5. The van der Waals surface area contributed by atoms with E-state index in [-0.39, 0.29) is 12.0 Å². The normalized spacial score (nSPS) is 16.2. The van der Waals surface area contributed by atoms with Gasteiger partial charge in [-0.3, -0.25) is 4.79 Å². The van der Waals surface area contributed by atoms with Gasteiger partial charge in [0.2, 0.25) is 5.01 Å². The minimum atomic E-state index is -0.440. The van der Waals surface area contributed by atoms with Crippen molar-refractivity contribution in [1.29, 1.82) is 0 Å². The maximum atomic E-state index is 12.8. The van der Waals surface area contributed by atoms with Crippen molar-refractivity contribution in [3.8, 4) is 11.4 Å². The Morgan fingerprint density at radius 2 is 2.28 bits per heavy atom. The van der Waals surface area contributed by atoms with Crippen molar-refractivity contribution in [3.63, 3.8) is 0 Å². The Morgan fingerprint density at radius 1 is 1.45 bits per heavy atom. The van der Waals surface area contributed by atoms with Crippen molar-refractivity contribution in [1.82, 2.24) is 14.9 Å². The molecule has 1 N–H and O–H groups in total. The van der Waals surface area contributed by atoms with E-state index in [1.54, 1.807) is 19.4 Å². The fourth-order valence-corrected chi connectivity index (χ4v) is 4.05. The molecule has 2 aromatic rings. The zero-order chi connectivity index (χ0) is 20.8. The van der Waals surface area contributed by atoms with Gasteiger partial charge in [-0.1, -0.05) is 0 Å². The average molecular weight is 422 g/mol. The van der Waals surface area contributed by atoms with Crippen molar-refractivity contribution in [2.75, 3.05) is 33.5 Å². The smallest absolute Gasteiger partial charge is 0.367 e. The molecule has 0 aromatic carbocycles. The van der Waals surface area contributed by atoms with Crippen LogP contribution in [0.4, 0.5) is 0 Å². The number of amides is 1. The van der Waals surface area contributed by atoms with Crippen LogP contribution in [0, 0.1) is 6.92 Å². The highest BCUT2D eigenvalue weighted by molar-refractivity contribution is 7.11. The van der Waals surface area contributed by atoms with E-state index in [4.69, 9.17) is 14.2 Å². The number of methoxy groups -OCH3 is 1. The number of carbonyl (C=O) groups excluding carboxylic acids is 2. The van der Waals surface area contributed by atoms with Gasteiger partial charge in [0.1, 0.15) is 0 Å². The Bertz CT molecular complexity index is 854. The third kappa shape index (κ3) is 5.04. The van der Waals surface area contributed by atoms with Gasteiger partial charge in [0.25, 0.3) is 5.91 Å². The first-order valence-electron chi connectivity index (χ1n) is 9.77. The zero-order valence-corrected chi connectivity index (χ0v) is 17.8. The summed E-state index contributed by atoms with van der Waals surface area (Å²) in [5, 5.41) is 5.07. The van der Waals surface area contributed by atoms with Crippen molar-refractivity contribution in [2.24, 2.45) is 0 Å². The van der Waals surface area contributed by atoms with Gasteiger partial charge in [0.05, 0.1) is 36.3 Å². The number of nitrogens with zero attached hydrogens (tertiary/aromatic N) is 2. The third-order valence-electron chi connectivity index (χ3n) is 4.86. The minimum absolute atomic E-state index is 0.0833. The summed E-state index contributed by atoms with van der Waals surface area (Å²) in [5.41, 5.74) is 2.82. The second-order valence-electron chi connectivity index (χ2n) is 6.78. The summed E-state index contributed by atoms with van der Waals surface area (Å²) < 4.78 is 17.8. The van der Waals surface area contributed by atoms with Gasteiger partial charge < -0.3 is 24.1 Å². The van der Waals surface area contributed by atoms with Gasteiger partial charge in [-0.2, -0.15) is 0 Å². The summed E-state index contributed by atoms with van der Waals surface area (Å²) >= 11 is 1.23. The molecule has 158 valence electrons. The SMILES string of the molecule is CCOC(=O)c1nc(-c2cc(C(=O)NCC3CCCO3)c(C)n2CCOC)cs1. The summed E-state index contributed by atoms with van der Waals surface area (Å²) in [4.78, 5) is 29.2. The molecular formula is C20H27N3O5S. The molecule has 3 heterocycles. The standard InChI is InChI=1S/C20H27N3O5S/c1-4-27-20(25)19-22-16(12-29-19)17-10-15(13(2)23(17)7-9-26-3)18(24)21-11-14-6-5-8-28-14/h10,12,14H,4-9,11H2,1-3H3,(H,21,24). The molecular weight excluding hydrogens is 394 g/mol. The van der Waals surface area contributed by atoms with Gasteiger partial charge in [-0.15, -0.1) is 11.3 Å². The predicted molar refractivity (Wildman–Crippen MR) is 109 cm³/mol. The van der Waals surface area contributed by atoms with E-state index in [9.17, 15) is 9.59 Å². The molecule has 1 unspecified atom stereocenters. The van der Waals surface area contributed by atoms with Gasteiger partial charge in [-0.25, -0.2) is 9.78 Å². The van der Waals surface area contributed by atoms with Crippen LogP contribution in [-0.2, 0) is 20.8 Å². The Morgan fingerprint density at radius 3 is 2.97 bits per heavy atom. The van der Waals surface area contributed by atoms with E-state index in [1.165, 1.54) is 11.3 Å². The summed E-state index contributed by atoms with van der Waals surface area (Å²) in [5.74, 6) is -0.582. The van der Waals surface area contributed by atoms with Crippen molar-refractivity contribution in [3.05, 3.63) is 27.7 Å². The minimum Gasteiger partial charge on any atom is -0.461 e. The average Bonchev–Trinajstić information content (AvgIpc) is 3.45. The molecule has 1 aliphatic rings. The van der Waals surface area contributed by atoms with Crippen molar-refractivity contribution in [2.45, 2.75) is 39.3 Å². The number of hydrogen-bond donors (Lipinski definition) is 1. The molecule has 8 nitrogen and oxygen atoms in total. The van der Waals surface area contributed by atoms with Crippen LogP contribution in [-0.4, -0.2) is 61.0 Å². The van der Waals surface area contributed by atoms with Gasteiger partial charge >= 0.3 is 5.97 Å². The van der Waals surface area contributed by atoms with Crippen LogP contribution >= 0.6 is 11.3 Å². The van der Waals surface area contributed by atoms with E-state index >= 15 is 0 Å². The molecule has 0 radical (unpaired) electrons. The molecule has 0 saturated carbocycles. The molecule has 1 amide bonds. The second kappa shape index (κ2) is 10.00. The number of aromatic nitrogens is 2. The van der Waals surface area contributed by atoms with Crippen LogP contribution in [0.15, 0.2) is 11.4 Å². The van der Waals surface area contributed by atoms with Crippen LogP contribution in [0.1, 0.15) is 45.6 Å². The summed E-state index contributed by atoms with van der Waals surface area (Å²) in [6, 6.07) is 1.82. The maximum absolute atomic E-state index is 12.8. The van der Waals surface area contributed by atoms with E-state index in [0.717, 1.165) is 30.8 Å². The Labute approximate surface area is 174 Å². The number of nitrogens with one attached hydrogen (secondary N) is 1. The molecule has 1 aliphatic heterocycles. The van der Waals surface area contributed by atoms with Gasteiger partial charge in [0, 0.05) is 37.9 Å². The molecule has 0 spiro atoms. The third-order valence-corrected chi connectivity index (χ3v) is 5.68. The lowest BCUT2D eigenvalue weighted by Crippen LogP contribution is -2.32. The molecule has 1 atom stereocenters. The fraction of sp³-hybridized carbons (Fsp3) is 0.550. The number of thiazole rings is 1. The van der Waals surface area contributed by atoms with E-state index in [2.05, 4.69) is 10.3 Å². The predicted octanol–water partition coefficient (Wildman–Crippen LogP) is 2.65. The van der Waals surface area contributed by atoms with Gasteiger partial charge in [-0.05, 0) is 32.8 Å². The summed E-state index contributed by atoms with van der Waals surface area (Å²) in [6.07, 6.45) is 2.08. The van der Waals surface area contributed by atoms with Crippen LogP contribution < -0.4 is 5.32 Å². The molecule has 9 heteroatoms. The van der Waals surface area contributed by atoms with Gasteiger partial charge in [0.15, 0.2) is 0 Å². The summed E-state index contributed by atoms with van der Waals surface area (Å²) in [7, 11) is 1.63.